The largest absolute Gasteiger partial charge is 0.371 e. The summed E-state index contributed by atoms with van der Waals surface area (Å²) in [7, 11) is 0. The Labute approximate surface area is 133 Å². The van der Waals surface area contributed by atoms with Gasteiger partial charge in [-0.15, -0.1) is 0 Å². The number of carbonyl (C=O) groups excluding carboxylic acids is 1. The predicted molar refractivity (Wildman–Crippen MR) is 91.1 cm³/mol. The van der Waals surface area contributed by atoms with E-state index in [1.54, 1.807) is 0 Å². The summed E-state index contributed by atoms with van der Waals surface area (Å²) < 4.78 is 0. The van der Waals surface area contributed by atoms with Crippen molar-refractivity contribution in [1.29, 1.82) is 0 Å². The van der Waals surface area contributed by atoms with Gasteiger partial charge < -0.3 is 16.0 Å². The van der Waals surface area contributed by atoms with Crippen LogP contribution < -0.4 is 16.0 Å². The molecule has 0 bridgehead atoms. The highest BCUT2D eigenvalue weighted by atomic mass is 16.1. The third-order valence-corrected chi connectivity index (χ3v) is 5.16. The lowest BCUT2D eigenvalue weighted by Gasteiger charge is -2.37. The molecule has 2 atom stereocenters. The molecule has 1 saturated heterocycles. The number of benzene rings is 1. The van der Waals surface area contributed by atoms with Crippen LogP contribution in [0.3, 0.4) is 0 Å². The van der Waals surface area contributed by atoms with Gasteiger partial charge >= 0.3 is 0 Å². The number of amides is 1. The van der Waals surface area contributed by atoms with Crippen molar-refractivity contribution < 1.29 is 4.79 Å². The van der Waals surface area contributed by atoms with E-state index in [1.807, 2.05) is 19.1 Å². The van der Waals surface area contributed by atoms with Crippen molar-refractivity contribution in [2.45, 2.75) is 51.0 Å². The monoisotopic (exact) mass is 301 g/mol. The normalized spacial score (nSPS) is 28.6. The molecular formula is C18H27N3O. The van der Waals surface area contributed by atoms with Gasteiger partial charge in [0.1, 0.15) is 0 Å². The number of rotatable bonds is 3. The molecule has 2 aliphatic rings. The molecule has 0 radical (unpaired) electrons. The maximum atomic E-state index is 12.6. The van der Waals surface area contributed by atoms with Gasteiger partial charge in [0, 0.05) is 30.0 Å². The zero-order chi connectivity index (χ0) is 15.6. The lowest BCUT2D eigenvalue weighted by Crippen LogP contribution is -2.51. The minimum atomic E-state index is -0.380. The van der Waals surface area contributed by atoms with E-state index in [9.17, 15) is 4.79 Å². The van der Waals surface area contributed by atoms with E-state index in [1.165, 1.54) is 18.5 Å². The number of nitrogens with one attached hydrogen (secondary N) is 1. The Bertz CT molecular complexity index is 535. The van der Waals surface area contributed by atoms with Crippen LogP contribution in [0.4, 0.5) is 11.4 Å². The fraction of sp³-hybridized carbons (Fsp3) is 0.611. The van der Waals surface area contributed by atoms with Crippen molar-refractivity contribution in [3.8, 4) is 0 Å². The molecule has 4 heteroatoms. The standard InChI is InChI=1S/C18H27N3O/c1-18(19)10-3-2-9-16(18)17(22)20-14-7-6-8-15(13-14)21-11-4-5-12-21/h6-8,13,16H,2-5,9-12,19H2,1H3,(H,20,22). The molecule has 0 spiro atoms. The first-order valence-electron chi connectivity index (χ1n) is 8.51. The molecule has 2 fully saturated rings. The topological polar surface area (TPSA) is 58.4 Å². The Balaban J connectivity index is 1.69. The summed E-state index contributed by atoms with van der Waals surface area (Å²) in [6, 6.07) is 8.19. The van der Waals surface area contributed by atoms with E-state index in [-0.39, 0.29) is 17.4 Å². The van der Waals surface area contributed by atoms with Crippen molar-refractivity contribution in [3.05, 3.63) is 24.3 Å². The Kier molecular flexibility index (Phi) is 4.39. The van der Waals surface area contributed by atoms with E-state index in [0.717, 1.165) is 44.5 Å². The maximum absolute atomic E-state index is 12.6. The molecule has 120 valence electrons. The molecule has 1 aromatic carbocycles. The summed E-state index contributed by atoms with van der Waals surface area (Å²) in [4.78, 5) is 15.0. The van der Waals surface area contributed by atoms with Gasteiger partial charge in [-0.1, -0.05) is 18.9 Å². The molecule has 1 aromatic rings. The zero-order valence-corrected chi connectivity index (χ0v) is 13.5. The maximum Gasteiger partial charge on any atom is 0.229 e. The van der Waals surface area contributed by atoms with Crippen LogP contribution in [0.1, 0.15) is 45.4 Å². The van der Waals surface area contributed by atoms with Gasteiger partial charge in [0.2, 0.25) is 5.91 Å². The average Bonchev–Trinajstić information content (AvgIpc) is 3.01. The Morgan fingerprint density at radius 2 is 2.05 bits per heavy atom. The summed E-state index contributed by atoms with van der Waals surface area (Å²) in [6.45, 7) is 4.23. The second-order valence-corrected chi connectivity index (χ2v) is 7.04. The number of nitrogens with zero attached hydrogens (tertiary/aromatic N) is 1. The van der Waals surface area contributed by atoms with E-state index in [4.69, 9.17) is 5.73 Å². The first kappa shape index (κ1) is 15.3. The van der Waals surface area contributed by atoms with Gasteiger partial charge in [0.05, 0.1) is 5.92 Å². The predicted octanol–water partition coefficient (Wildman–Crippen LogP) is 3.13. The van der Waals surface area contributed by atoms with Crippen LogP contribution in [0.2, 0.25) is 0 Å². The molecule has 1 saturated carbocycles. The van der Waals surface area contributed by atoms with Gasteiger partial charge in [-0.25, -0.2) is 0 Å². The van der Waals surface area contributed by atoms with E-state index < -0.39 is 0 Å². The minimum Gasteiger partial charge on any atom is -0.371 e. The molecule has 3 rings (SSSR count). The number of anilines is 2. The third-order valence-electron chi connectivity index (χ3n) is 5.16. The molecule has 3 N–H and O–H groups in total. The molecule has 1 aliphatic carbocycles. The van der Waals surface area contributed by atoms with E-state index in [2.05, 4.69) is 22.3 Å². The van der Waals surface area contributed by atoms with E-state index in [0.29, 0.717) is 0 Å². The number of nitrogens with two attached hydrogens (primary N) is 1. The highest BCUT2D eigenvalue weighted by Gasteiger charge is 2.37. The average molecular weight is 301 g/mol. The first-order chi connectivity index (χ1) is 10.6. The van der Waals surface area contributed by atoms with Crippen molar-refractivity contribution in [2.24, 2.45) is 11.7 Å². The van der Waals surface area contributed by atoms with Crippen molar-refractivity contribution in [3.63, 3.8) is 0 Å². The van der Waals surface area contributed by atoms with Crippen LogP contribution in [0, 0.1) is 5.92 Å². The molecule has 22 heavy (non-hydrogen) atoms. The van der Waals surface area contributed by atoms with Gasteiger partial charge in [0.25, 0.3) is 0 Å². The number of hydrogen-bond acceptors (Lipinski definition) is 3. The zero-order valence-electron chi connectivity index (χ0n) is 13.5. The fourth-order valence-corrected chi connectivity index (χ4v) is 3.77. The van der Waals surface area contributed by atoms with Gasteiger partial charge in [-0.2, -0.15) is 0 Å². The van der Waals surface area contributed by atoms with Crippen LogP contribution >= 0.6 is 0 Å². The van der Waals surface area contributed by atoms with Gasteiger partial charge in [0.15, 0.2) is 0 Å². The number of carbonyl (C=O) groups is 1. The molecule has 2 unspecified atom stereocenters. The molecular weight excluding hydrogens is 274 g/mol. The second-order valence-electron chi connectivity index (χ2n) is 7.04. The Morgan fingerprint density at radius 1 is 1.27 bits per heavy atom. The van der Waals surface area contributed by atoms with Crippen molar-refractivity contribution in [2.75, 3.05) is 23.3 Å². The van der Waals surface area contributed by atoms with Crippen LogP contribution in [-0.2, 0) is 4.79 Å². The quantitative estimate of drug-likeness (QED) is 0.901. The molecule has 1 heterocycles. The highest BCUT2D eigenvalue weighted by Crippen LogP contribution is 2.33. The lowest BCUT2D eigenvalue weighted by atomic mass is 9.74. The Morgan fingerprint density at radius 3 is 2.77 bits per heavy atom. The van der Waals surface area contributed by atoms with E-state index >= 15 is 0 Å². The molecule has 4 nitrogen and oxygen atoms in total. The van der Waals surface area contributed by atoms with Crippen LogP contribution in [-0.4, -0.2) is 24.5 Å². The van der Waals surface area contributed by atoms with Crippen LogP contribution in [0.15, 0.2) is 24.3 Å². The minimum absolute atomic E-state index is 0.0725. The summed E-state index contributed by atoms with van der Waals surface area (Å²) >= 11 is 0. The fourth-order valence-electron chi connectivity index (χ4n) is 3.77. The van der Waals surface area contributed by atoms with Crippen LogP contribution in [0.5, 0.6) is 0 Å². The summed E-state index contributed by atoms with van der Waals surface area (Å²) in [6.07, 6.45) is 6.55. The van der Waals surface area contributed by atoms with Gasteiger partial charge in [-0.05, 0) is 50.8 Å². The first-order valence-corrected chi connectivity index (χ1v) is 8.51. The van der Waals surface area contributed by atoms with Crippen LogP contribution in [0.25, 0.3) is 0 Å². The summed E-state index contributed by atoms with van der Waals surface area (Å²) in [5, 5.41) is 3.09. The SMILES string of the molecule is CC1(N)CCCCC1C(=O)Nc1cccc(N2CCCC2)c1. The van der Waals surface area contributed by atoms with Crippen molar-refractivity contribution >= 4 is 17.3 Å². The lowest BCUT2D eigenvalue weighted by molar-refractivity contribution is -0.122. The highest BCUT2D eigenvalue weighted by molar-refractivity contribution is 5.94. The third kappa shape index (κ3) is 3.27. The van der Waals surface area contributed by atoms with Gasteiger partial charge in [-0.3, -0.25) is 4.79 Å². The Hall–Kier alpha value is -1.55. The summed E-state index contributed by atoms with van der Waals surface area (Å²) in [5.41, 5.74) is 8.05. The molecule has 0 aromatic heterocycles. The molecule has 1 amide bonds. The smallest absolute Gasteiger partial charge is 0.229 e. The van der Waals surface area contributed by atoms with Crippen molar-refractivity contribution in [1.82, 2.24) is 0 Å². The second kappa shape index (κ2) is 6.29. The molecule has 1 aliphatic heterocycles. The summed E-state index contributed by atoms with van der Waals surface area (Å²) in [5.74, 6) is -0.0139. The number of hydrogen-bond donors (Lipinski definition) is 2.